The van der Waals surface area contributed by atoms with Crippen LogP contribution < -0.4 is 11.1 Å². The third-order valence-corrected chi connectivity index (χ3v) is 2.87. The van der Waals surface area contributed by atoms with Gasteiger partial charge in [0.2, 0.25) is 0 Å². The average Bonchev–Trinajstić information content (AvgIpc) is 2.24. The van der Waals surface area contributed by atoms with Crippen LogP contribution >= 0.6 is 15.9 Å². The minimum atomic E-state index is 0.563. The van der Waals surface area contributed by atoms with Gasteiger partial charge in [0.05, 0.1) is 0 Å². The topological polar surface area (TPSA) is 38.0 Å². The molecule has 2 nitrogen and oxygen atoms in total. The van der Waals surface area contributed by atoms with Gasteiger partial charge in [-0.2, -0.15) is 0 Å². The molecule has 3 N–H and O–H groups in total. The molecule has 1 atom stereocenters. The highest BCUT2D eigenvalue weighted by Gasteiger charge is 1.98. The molecule has 0 aromatic heterocycles. The molecule has 0 aliphatic rings. The first-order valence-electron chi connectivity index (χ1n) is 5.37. The molecule has 0 saturated heterocycles. The van der Waals surface area contributed by atoms with E-state index in [2.05, 4.69) is 46.4 Å². The van der Waals surface area contributed by atoms with E-state index in [0.717, 1.165) is 30.5 Å². The third-order valence-electron chi connectivity index (χ3n) is 2.37. The molecule has 1 aromatic rings. The number of nitrogens with two attached hydrogens (primary N) is 1. The van der Waals surface area contributed by atoms with Gasteiger partial charge >= 0.3 is 0 Å². The van der Waals surface area contributed by atoms with Crippen molar-refractivity contribution < 1.29 is 0 Å². The highest BCUT2D eigenvalue weighted by molar-refractivity contribution is 9.10. The molecule has 1 unspecified atom stereocenters. The van der Waals surface area contributed by atoms with Crippen LogP contribution in [0, 0.1) is 5.92 Å². The second kappa shape index (κ2) is 6.99. The summed E-state index contributed by atoms with van der Waals surface area (Å²) in [5.74, 6) is 0.563. The van der Waals surface area contributed by atoms with Gasteiger partial charge in [0.1, 0.15) is 0 Å². The maximum Gasteiger partial charge on any atom is 0.0178 e. The summed E-state index contributed by atoms with van der Waals surface area (Å²) < 4.78 is 1.15. The quantitative estimate of drug-likeness (QED) is 0.778. The Morgan fingerprint density at radius 1 is 1.47 bits per heavy atom. The normalized spacial score (nSPS) is 12.7. The molecule has 3 heteroatoms. The zero-order valence-electron chi connectivity index (χ0n) is 9.17. The van der Waals surface area contributed by atoms with Gasteiger partial charge in [0.25, 0.3) is 0 Å². The first-order valence-corrected chi connectivity index (χ1v) is 6.17. The highest BCUT2D eigenvalue weighted by atomic mass is 79.9. The fourth-order valence-corrected chi connectivity index (χ4v) is 1.80. The maximum atomic E-state index is 5.54. The summed E-state index contributed by atoms with van der Waals surface area (Å²) in [4.78, 5) is 0. The standard InChI is InChI=1S/C12H19BrN2/c1-10(8-14)9-15-6-5-11-3-2-4-12(13)7-11/h2-4,7,10,15H,5-6,8-9,14H2,1H3. The van der Waals surface area contributed by atoms with E-state index >= 15 is 0 Å². The molecule has 0 heterocycles. The summed E-state index contributed by atoms with van der Waals surface area (Å²) in [6, 6.07) is 8.43. The molecule has 1 aromatic carbocycles. The molecule has 0 bridgehead atoms. The van der Waals surface area contributed by atoms with Crippen LogP contribution in [0.3, 0.4) is 0 Å². The largest absolute Gasteiger partial charge is 0.330 e. The van der Waals surface area contributed by atoms with Crippen LogP contribution in [-0.4, -0.2) is 19.6 Å². The van der Waals surface area contributed by atoms with Crippen LogP contribution in [0.25, 0.3) is 0 Å². The summed E-state index contributed by atoms with van der Waals surface area (Å²) >= 11 is 3.47. The molecule has 0 radical (unpaired) electrons. The van der Waals surface area contributed by atoms with E-state index in [1.165, 1.54) is 5.56 Å². The van der Waals surface area contributed by atoms with Crippen LogP contribution in [0.2, 0.25) is 0 Å². The van der Waals surface area contributed by atoms with Gasteiger partial charge in [0.15, 0.2) is 0 Å². The van der Waals surface area contributed by atoms with Gasteiger partial charge in [-0.25, -0.2) is 0 Å². The summed E-state index contributed by atoms with van der Waals surface area (Å²) in [6.07, 6.45) is 1.07. The number of nitrogens with one attached hydrogen (secondary N) is 1. The number of benzene rings is 1. The second-order valence-electron chi connectivity index (χ2n) is 3.92. The van der Waals surface area contributed by atoms with Crippen LogP contribution in [0.5, 0.6) is 0 Å². The Labute approximate surface area is 100 Å². The molecule has 0 fully saturated rings. The van der Waals surface area contributed by atoms with Gasteiger partial charge in [-0.05, 0) is 49.7 Å². The lowest BCUT2D eigenvalue weighted by Gasteiger charge is -2.09. The number of hydrogen-bond donors (Lipinski definition) is 2. The molecule has 15 heavy (non-hydrogen) atoms. The first-order chi connectivity index (χ1) is 7.22. The minimum absolute atomic E-state index is 0.563. The van der Waals surface area contributed by atoms with Crippen molar-refractivity contribution in [2.24, 2.45) is 11.7 Å². The third kappa shape index (κ3) is 5.30. The summed E-state index contributed by atoms with van der Waals surface area (Å²) in [6.45, 7) is 4.93. The van der Waals surface area contributed by atoms with Crippen molar-refractivity contribution in [3.8, 4) is 0 Å². The van der Waals surface area contributed by atoms with Crippen LogP contribution in [0.15, 0.2) is 28.7 Å². The van der Waals surface area contributed by atoms with Crippen molar-refractivity contribution in [1.82, 2.24) is 5.32 Å². The second-order valence-corrected chi connectivity index (χ2v) is 4.84. The van der Waals surface area contributed by atoms with Crippen molar-refractivity contribution in [2.75, 3.05) is 19.6 Å². The van der Waals surface area contributed by atoms with Crippen LogP contribution in [0.4, 0.5) is 0 Å². The van der Waals surface area contributed by atoms with Gasteiger partial charge in [-0.1, -0.05) is 35.0 Å². The van der Waals surface area contributed by atoms with Crippen molar-refractivity contribution >= 4 is 15.9 Å². The molecule has 0 saturated carbocycles. The van der Waals surface area contributed by atoms with Crippen molar-refractivity contribution in [2.45, 2.75) is 13.3 Å². The van der Waals surface area contributed by atoms with Gasteiger partial charge in [0, 0.05) is 4.47 Å². The maximum absolute atomic E-state index is 5.54. The summed E-state index contributed by atoms with van der Waals surface area (Å²) in [7, 11) is 0. The zero-order valence-corrected chi connectivity index (χ0v) is 10.8. The van der Waals surface area contributed by atoms with Gasteiger partial charge in [-0.15, -0.1) is 0 Å². The van der Waals surface area contributed by atoms with E-state index in [-0.39, 0.29) is 0 Å². The van der Waals surface area contributed by atoms with E-state index in [9.17, 15) is 0 Å². The molecule has 1 rings (SSSR count). The number of halogens is 1. The summed E-state index contributed by atoms with van der Waals surface area (Å²) in [5.41, 5.74) is 6.90. The molecule has 0 spiro atoms. The minimum Gasteiger partial charge on any atom is -0.330 e. The Kier molecular flexibility index (Phi) is 5.91. The lowest BCUT2D eigenvalue weighted by molar-refractivity contribution is 0.524. The fourth-order valence-electron chi connectivity index (χ4n) is 1.36. The molecule has 0 aliphatic carbocycles. The molecule has 84 valence electrons. The fraction of sp³-hybridized carbons (Fsp3) is 0.500. The zero-order chi connectivity index (χ0) is 11.1. The predicted octanol–water partition coefficient (Wildman–Crippen LogP) is 2.18. The number of hydrogen-bond acceptors (Lipinski definition) is 2. The Hall–Kier alpha value is -0.380. The van der Waals surface area contributed by atoms with Crippen molar-refractivity contribution in [1.29, 1.82) is 0 Å². The molecular weight excluding hydrogens is 252 g/mol. The van der Waals surface area contributed by atoms with Crippen LogP contribution in [-0.2, 0) is 6.42 Å². The van der Waals surface area contributed by atoms with Gasteiger partial charge < -0.3 is 11.1 Å². The Bertz CT molecular complexity index is 289. The van der Waals surface area contributed by atoms with E-state index < -0.39 is 0 Å². The Morgan fingerprint density at radius 2 is 2.27 bits per heavy atom. The van der Waals surface area contributed by atoms with Crippen molar-refractivity contribution in [3.05, 3.63) is 34.3 Å². The smallest absolute Gasteiger partial charge is 0.0178 e. The molecule has 0 aliphatic heterocycles. The monoisotopic (exact) mass is 270 g/mol. The molecular formula is C12H19BrN2. The number of rotatable bonds is 6. The highest BCUT2D eigenvalue weighted by Crippen LogP contribution is 2.11. The van der Waals surface area contributed by atoms with E-state index in [0.29, 0.717) is 5.92 Å². The lowest BCUT2D eigenvalue weighted by atomic mass is 10.1. The van der Waals surface area contributed by atoms with Gasteiger partial charge in [-0.3, -0.25) is 0 Å². The summed E-state index contributed by atoms with van der Waals surface area (Å²) in [5, 5.41) is 3.41. The average molecular weight is 271 g/mol. The molecule has 0 amide bonds. The lowest BCUT2D eigenvalue weighted by Crippen LogP contribution is -2.27. The van der Waals surface area contributed by atoms with E-state index in [1.807, 2.05) is 6.07 Å². The Balaban J connectivity index is 2.20. The van der Waals surface area contributed by atoms with E-state index in [1.54, 1.807) is 0 Å². The Morgan fingerprint density at radius 3 is 2.93 bits per heavy atom. The van der Waals surface area contributed by atoms with Crippen LogP contribution in [0.1, 0.15) is 12.5 Å². The predicted molar refractivity (Wildman–Crippen MR) is 68.9 cm³/mol. The SMILES string of the molecule is CC(CN)CNCCc1cccc(Br)c1. The van der Waals surface area contributed by atoms with E-state index in [4.69, 9.17) is 5.73 Å². The first kappa shape index (κ1) is 12.7. The van der Waals surface area contributed by atoms with Crippen molar-refractivity contribution in [3.63, 3.8) is 0 Å².